The van der Waals surface area contributed by atoms with E-state index in [0.29, 0.717) is 18.4 Å². The zero-order chi connectivity index (χ0) is 9.68. The quantitative estimate of drug-likeness (QED) is 0.688. The van der Waals surface area contributed by atoms with E-state index in [-0.39, 0.29) is 5.95 Å². The topological polar surface area (TPSA) is 73.1 Å². The highest BCUT2D eigenvalue weighted by molar-refractivity contribution is 5.20. The Labute approximate surface area is 77.3 Å². The van der Waals surface area contributed by atoms with Gasteiger partial charge in [-0.15, -0.1) is 0 Å². The number of hydrogen-bond acceptors (Lipinski definition) is 5. The van der Waals surface area contributed by atoms with Crippen molar-refractivity contribution in [1.82, 2.24) is 15.3 Å². The third kappa shape index (κ3) is 3.25. The standard InChI is InChI=1S/C8H14N4O/c1-6(10-2)5-13-7-3-11-8(9)12-4-7/h3-4,6,10H,5H2,1-2H3,(H2,9,11,12). The lowest BCUT2D eigenvalue weighted by Crippen LogP contribution is -2.28. The molecule has 0 spiro atoms. The summed E-state index contributed by atoms with van der Waals surface area (Å²) in [4.78, 5) is 7.61. The van der Waals surface area contributed by atoms with Gasteiger partial charge in [0.25, 0.3) is 0 Å². The molecule has 0 aliphatic carbocycles. The van der Waals surface area contributed by atoms with Crippen LogP contribution in [0.4, 0.5) is 5.95 Å². The molecule has 72 valence electrons. The number of hydrogen-bond donors (Lipinski definition) is 2. The van der Waals surface area contributed by atoms with Gasteiger partial charge in [0.05, 0.1) is 12.4 Å². The SMILES string of the molecule is CNC(C)COc1cnc(N)nc1. The van der Waals surface area contributed by atoms with Gasteiger partial charge in [0.15, 0.2) is 5.75 Å². The highest BCUT2D eigenvalue weighted by atomic mass is 16.5. The van der Waals surface area contributed by atoms with Gasteiger partial charge in [-0.05, 0) is 14.0 Å². The van der Waals surface area contributed by atoms with Crippen LogP contribution in [0.3, 0.4) is 0 Å². The summed E-state index contributed by atoms with van der Waals surface area (Å²) in [7, 11) is 1.88. The van der Waals surface area contributed by atoms with E-state index in [1.165, 1.54) is 0 Å². The van der Waals surface area contributed by atoms with Crippen LogP contribution in [-0.2, 0) is 0 Å². The summed E-state index contributed by atoms with van der Waals surface area (Å²) >= 11 is 0. The molecular weight excluding hydrogens is 168 g/mol. The molecule has 1 unspecified atom stereocenters. The average molecular weight is 182 g/mol. The molecule has 0 saturated heterocycles. The number of rotatable bonds is 4. The minimum absolute atomic E-state index is 0.258. The van der Waals surface area contributed by atoms with Crippen LogP contribution in [0, 0.1) is 0 Å². The number of aromatic nitrogens is 2. The first kappa shape index (κ1) is 9.73. The Morgan fingerprint density at radius 2 is 2.15 bits per heavy atom. The van der Waals surface area contributed by atoms with Gasteiger partial charge in [0.2, 0.25) is 5.95 Å². The Bertz CT molecular complexity index is 249. The predicted molar refractivity (Wildman–Crippen MR) is 50.5 cm³/mol. The number of nitrogens with one attached hydrogen (secondary N) is 1. The number of nitrogen functional groups attached to an aromatic ring is 1. The Kier molecular flexibility index (Phi) is 3.45. The van der Waals surface area contributed by atoms with Gasteiger partial charge in [0, 0.05) is 6.04 Å². The van der Waals surface area contributed by atoms with Gasteiger partial charge in [0.1, 0.15) is 6.61 Å². The van der Waals surface area contributed by atoms with Crippen LogP contribution in [-0.4, -0.2) is 29.7 Å². The smallest absolute Gasteiger partial charge is 0.220 e. The van der Waals surface area contributed by atoms with Crippen LogP contribution < -0.4 is 15.8 Å². The van der Waals surface area contributed by atoms with Crippen molar-refractivity contribution in [3.05, 3.63) is 12.4 Å². The molecule has 0 bridgehead atoms. The third-order valence-electron chi connectivity index (χ3n) is 1.64. The maximum absolute atomic E-state index is 5.37. The Morgan fingerprint density at radius 3 is 2.69 bits per heavy atom. The Balaban J connectivity index is 2.41. The van der Waals surface area contributed by atoms with Crippen molar-refractivity contribution in [3.8, 4) is 5.75 Å². The van der Waals surface area contributed by atoms with E-state index in [0.717, 1.165) is 0 Å². The number of anilines is 1. The second-order valence-electron chi connectivity index (χ2n) is 2.78. The Hall–Kier alpha value is -1.36. The Morgan fingerprint density at radius 1 is 1.54 bits per heavy atom. The van der Waals surface area contributed by atoms with Gasteiger partial charge in [-0.3, -0.25) is 0 Å². The second-order valence-corrected chi connectivity index (χ2v) is 2.78. The number of likely N-dealkylation sites (N-methyl/N-ethyl adjacent to an activating group) is 1. The van der Waals surface area contributed by atoms with E-state index < -0.39 is 0 Å². The van der Waals surface area contributed by atoms with Crippen molar-refractivity contribution in [2.75, 3.05) is 19.4 Å². The minimum atomic E-state index is 0.258. The van der Waals surface area contributed by atoms with Gasteiger partial charge < -0.3 is 15.8 Å². The zero-order valence-corrected chi connectivity index (χ0v) is 7.82. The van der Waals surface area contributed by atoms with Crippen LogP contribution in [0.5, 0.6) is 5.75 Å². The number of ether oxygens (including phenoxy) is 1. The monoisotopic (exact) mass is 182 g/mol. The molecule has 5 nitrogen and oxygen atoms in total. The van der Waals surface area contributed by atoms with Crippen molar-refractivity contribution in [1.29, 1.82) is 0 Å². The van der Waals surface area contributed by atoms with E-state index in [1.54, 1.807) is 12.4 Å². The number of nitrogens with two attached hydrogens (primary N) is 1. The molecule has 0 aliphatic heterocycles. The molecule has 0 aliphatic rings. The molecular formula is C8H14N4O. The normalized spacial score (nSPS) is 12.5. The lowest BCUT2D eigenvalue weighted by atomic mass is 10.4. The molecule has 1 aromatic rings. The van der Waals surface area contributed by atoms with Crippen LogP contribution in [0.1, 0.15) is 6.92 Å². The van der Waals surface area contributed by atoms with Crippen molar-refractivity contribution in [2.45, 2.75) is 13.0 Å². The van der Waals surface area contributed by atoms with Gasteiger partial charge in [-0.1, -0.05) is 0 Å². The van der Waals surface area contributed by atoms with Gasteiger partial charge in [-0.2, -0.15) is 0 Å². The first-order chi connectivity index (χ1) is 6.22. The summed E-state index contributed by atoms with van der Waals surface area (Å²) in [6.07, 6.45) is 3.12. The van der Waals surface area contributed by atoms with Crippen LogP contribution in [0.15, 0.2) is 12.4 Å². The fourth-order valence-corrected chi connectivity index (χ4v) is 0.705. The molecule has 1 rings (SSSR count). The molecule has 0 fully saturated rings. The summed E-state index contributed by atoms with van der Waals surface area (Å²) in [5.41, 5.74) is 5.32. The van der Waals surface area contributed by atoms with Gasteiger partial charge in [-0.25, -0.2) is 9.97 Å². The summed E-state index contributed by atoms with van der Waals surface area (Å²) in [5, 5.41) is 3.06. The lowest BCUT2D eigenvalue weighted by molar-refractivity contribution is 0.278. The van der Waals surface area contributed by atoms with Gasteiger partial charge >= 0.3 is 0 Å². The molecule has 1 aromatic heterocycles. The fraction of sp³-hybridized carbons (Fsp3) is 0.500. The van der Waals surface area contributed by atoms with E-state index in [4.69, 9.17) is 10.5 Å². The van der Waals surface area contributed by atoms with Crippen molar-refractivity contribution in [3.63, 3.8) is 0 Å². The second kappa shape index (κ2) is 4.61. The summed E-state index contributed by atoms with van der Waals surface area (Å²) in [6.45, 7) is 2.61. The number of nitrogens with zero attached hydrogens (tertiary/aromatic N) is 2. The van der Waals surface area contributed by atoms with Crippen LogP contribution in [0.2, 0.25) is 0 Å². The summed E-state index contributed by atoms with van der Waals surface area (Å²) in [6, 6.07) is 0.303. The molecule has 1 atom stereocenters. The minimum Gasteiger partial charge on any atom is -0.489 e. The molecule has 3 N–H and O–H groups in total. The van der Waals surface area contributed by atoms with Crippen LogP contribution in [0.25, 0.3) is 0 Å². The summed E-state index contributed by atoms with van der Waals surface area (Å²) in [5.74, 6) is 0.894. The van der Waals surface area contributed by atoms with E-state index in [2.05, 4.69) is 15.3 Å². The van der Waals surface area contributed by atoms with E-state index in [9.17, 15) is 0 Å². The van der Waals surface area contributed by atoms with Crippen molar-refractivity contribution in [2.24, 2.45) is 0 Å². The van der Waals surface area contributed by atoms with Crippen molar-refractivity contribution < 1.29 is 4.74 Å². The molecule has 0 saturated carbocycles. The first-order valence-corrected chi connectivity index (χ1v) is 4.10. The summed E-state index contributed by atoms with van der Waals surface area (Å²) < 4.78 is 5.37. The maximum atomic E-state index is 5.37. The molecule has 13 heavy (non-hydrogen) atoms. The molecule has 1 heterocycles. The third-order valence-corrected chi connectivity index (χ3v) is 1.64. The molecule has 5 heteroatoms. The maximum Gasteiger partial charge on any atom is 0.220 e. The first-order valence-electron chi connectivity index (χ1n) is 4.10. The van der Waals surface area contributed by atoms with E-state index in [1.807, 2.05) is 14.0 Å². The van der Waals surface area contributed by atoms with E-state index >= 15 is 0 Å². The average Bonchev–Trinajstić information content (AvgIpc) is 2.16. The highest BCUT2D eigenvalue weighted by Gasteiger charge is 1.99. The van der Waals surface area contributed by atoms with Crippen LogP contribution >= 0.6 is 0 Å². The highest BCUT2D eigenvalue weighted by Crippen LogP contribution is 2.06. The van der Waals surface area contributed by atoms with Crippen molar-refractivity contribution >= 4 is 5.95 Å². The zero-order valence-electron chi connectivity index (χ0n) is 7.82. The lowest BCUT2D eigenvalue weighted by Gasteiger charge is -2.10. The predicted octanol–water partition coefficient (Wildman–Crippen LogP) is 0.0455. The molecule has 0 amide bonds. The molecule has 0 aromatic carbocycles. The fourth-order valence-electron chi connectivity index (χ4n) is 0.705. The largest absolute Gasteiger partial charge is 0.489 e. The molecule has 0 radical (unpaired) electrons.